The van der Waals surface area contributed by atoms with Gasteiger partial charge in [0.05, 0.1) is 16.6 Å². The van der Waals surface area contributed by atoms with Crippen molar-refractivity contribution in [2.24, 2.45) is 0 Å². The predicted octanol–water partition coefficient (Wildman–Crippen LogP) is 3.67. The molecule has 2 aromatic heterocycles. The fourth-order valence-electron chi connectivity index (χ4n) is 2.65. The van der Waals surface area contributed by atoms with Crippen LogP contribution in [0.4, 0.5) is 4.39 Å². The number of rotatable bonds is 4. The summed E-state index contributed by atoms with van der Waals surface area (Å²) < 4.78 is 39.0. The number of halogens is 3. The van der Waals surface area contributed by atoms with E-state index in [-0.39, 0.29) is 20.9 Å². The highest BCUT2D eigenvalue weighted by Gasteiger charge is 2.24. The Balaban J connectivity index is 1.99. The van der Waals surface area contributed by atoms with Crippen molar-refractivity contribution in [2.45, 2.75) is 18.1 Å². The molecule has 1 atom stereocenters. The van der Waals surface area contributed by atoms with E-state index < -0.39 is 27.6 Å². The topological polar surface area (TPSA) is 80.5 Å². The summed E-state index contributed by atoms with van der Waals surface area (Å²) in [5, 5.41) is 2.48. The van der Waals surface area contributed by atoms with Gasteiger partial charge in [-0.15, -0.1) is 0 Å². The normalized spacial score (nSPS) is 12.9. The molecule has 1 N–H and O–H groups in total. The largest absolute Gasteiger partial charge is 0.344 e. The van der Waals surface area contributed by atoms with Gasteiger partial charge in [0.15, 0.2) is 5.69 Å². The lowest BCUT2D eigenvalue weighted by atomic mass is 10.1. The molecule has 2 heterocycles. The standard InChI is InChI=1S/C17H14Cl2FN3O3S/c1-9(10-7-13(20)12(19)8-11(10)18)21-16(24)15-14-5-3-4-6-23(14)17(22-15)27(2,25)26/h3-9H,1-2H3,(H,21,24). The van der Waals surface area contributed by atoms with Gasteiger partial charge in [-0.3, -0.25) is 9.20 Å². The molecule has 142 valence electrons. The maximum absolute atomic E-state index is 13.7. The molecule has 0 fully saturated rings. The number of nitrogens with one attached hydrogen (secondary N) is 1. The zero-order valence-corrected chi connectivity index (χ0v) is 16.5. The summed E-state index contributed by atoms with van der Waals surface area (Å²) in [5.74, 6) is -1.28. The second-order valence-corrected chi connectivity index (χ2v) is 8.68. The van der Waals surface area contributed by atoms with Gasteiger partial charge in [0.2, 0.25) is 15.0 Å². The SMILES string of the molecule is CC(NC(=O)c1nc(S(C)(=O)=O)n2ccccc12)c1cc(F)c(Cl)cc1Cl. The molecular formula is C17H14Cl2FN3O3S. The molecule has 27 heavy (non-hydrogen) atoms. The highest BCUT2D eigenvalue weighted by Crippen LogP contribution is 2.29. The number of hydrogen-bond donors (Lipinski definition) is 1. The minimum atomic E-state index is -3.65. The summed E-state index contributed by atoms with van der Waals surface area (Å²) >= 11 is 11.8. The monoisotopic (exact) mass is 429 g/mol. The summed E-state index contributed by atoms with van der Waals surface area (Å²) in [6.07, 6.45) is 2.51. The highest BCUT2D eigenvalue weighted by molar-refractivity contribution is 7.90. The summed E-state index contributed by atoms with van der Waals surface area (Å²) in [4.78, 5) is 16.7. The van der Waals surface area contributed by atoms with E-state index in [2.05, 4.69) is 10.3 Å². The van der Waals surface area contributed by atoms with Crippen LogP contribution in [0.15, 0.2) is 41.7 Å². The Labute approximate surface area is 164 Å². The molecule has 1 amide bonds. The first-order valence-electron chi connectivity index (χ1n) is 7.72. The van der Waals surface area contributed by atoms with Crippen LogP contribution in [0, 0.1) is 5.82 Å². The van der Waals surface area contributed by atoms with Gasteiger partial charge < -0.3 is 5.32 Å². The van der Waals surface area contributed by atoms with Crippen molar-refractivity contribution in [3.05, 3.63) is 63.6 Å². The number of imidazole rings is 1. The Bertz CT molecular complexity index is 1160. The number of nitrogens with zero attached hydrogens (tertiary/aromatic N) is 2. The number of amides is 1. The number of sulfone groups is 1. The van der Waals surface area contributed by atoms with Crippen LogP contribution in [0.2, 0.25) is 10.0 Å². The summed E-state index contributed by atoms with van der Waals surface area (Å²) in [7, 11) is -3.65. The van der Waals surface area contributed by atoms with Crippen LogP contribution in [0.1, 0.15) is 29.0 Å². The van der Waals surface area contributed by atoms with Gasteiger partial charge >= 0.3 is 0 Å². The molecule has 0 saturated heterocycles. The smallest absolute Gasteiger partial charge is 0.272 e. The van der Waals surface area contributed by atoms with E-state index in [1.165, 1.54) is 16.7 Å². The van der Waals surface area contributed by atoms with Gasteiger partial charge in [0.1, 0.15) is 5.82 Å². The first-order chi connectivity index (χ1) is 12.6. The van der Waals surface area contributed by atoms with Crippen LogP contribution in [0.5, 0.6) is 0 Å². The van der Waals surface area contributed by atoms with E-state index in [4.69, 9.17) is 23.2 Å². The van der Waals surface area contributed by atoms with Crippen LogP contribution in [-0.2, 0) is 9.84 Å². The summed E-state index contributed by atoms with van der Waals surface area (Å²) in [5.41, 5.74) is 0.600. The van der Waals surface area contributed by atoms with Crippen molar-refractivity contribution in [1.29, 1.82) is 0 Å². The number of fused-ring (bicyclic) bond motifs is 1. The fraction of sp³-hybridized carbons (Fsp3) is 0.176. The minimum absolute atomic E-state index is 0.0616. The Morgan fingerprint density at radius 3 is 2.63 bits per heavy atom. The molecule has 0 saturated carbocycles. The quantitative estimate of drug-likeness (QED) is 0.641. The number of benzene rings is 1. The van der Waals surface area contributed by atoms with Gasteiger partial charge in [0.25, 0.3) is 5.91 Å². The molecule has 0 bridgehead atoms. The van der Waals surface area contributed by atoms with Crippen molar-refractivity contribution >= 4 is 44.5 Å². The lowest BCUT2D eigenvalue weighted by Crippen LogP contribution is -2.27. The Kier molecular flexibility index (Phi) is 5.16. The molecule has 1 aromatic carbocycles. The van der Waals surface area contributed by atoms with E-state index in [0.717, 1.165) is 12.3 Å². The molecule has 3 aromatic rings. The Hall–Kier alpha value is -2.16. The van der Waals surface area contributed by atoms with Crippen molar-refractivity contribution < 1.29 is 17.6 Å². The van der Waals surface area contributed by atoms with Crippen molar-refractivity contribution in [3.8, 4) is 0 Å². The van der Waals surface area contributed by atoms with E-state index in [0.29, 0.717) is 11.1 Å². The third-order valence-electron chi connectivity index (χ3n) is 3.92. The molecule has 0 aliphatic rings. The second-order valence-electron chi connectivity index (χ2n) is 5.95. The van der Waals surface area contributed by atoms with Gasteiger partial charge in [-0.05, 0) is 36.8 Å². The first kappa shape index (κ1) is 19.6. The zero-order valence-electron chi connectivity index (χ0n) is 14.2. The molecule has 10 heteroatoms. The predicted molar refractivity (Wildman–Crippen MR) is 101 cm³/mol. The third-order valence-corrected chi connectivity index (χ3v) is 5.48. The maximum Gasteiger partial charge on any atom is 0.272 e. The van der Waals surface area contributed by atoms with E-state index >= 15 is 0 Å². The molecule has 0 aliphatic heterocycles. The first-order valence-corrected chi connectivity index (χ1v) is 10.4. The number of carbonyl (C=O) groups excluding carboxylic acids is 1. The van der Waals surface area contributed by atoms with Crippen LogP contribution in [-0.4, -0.2) is 30.0 Å². The third kappa shape index (κ3) is 3.78. The van der Waals surface area contributed by atoms with E-state index in [1.54, 1.807) is 25.1 Å². The minimum Gasteiger partial charge on any atom is -0.344 e. The second kappa shape index (κ2) is 7.10. The maximum atomic E-state index is 13.7. The van der Waals surface area contributed by atoms with Crippen LogP contribution in [0.25, 0.3) is 5.52 Å². The molecular weight excluding hydrogens is 416 g/mol. The van der Waals surface area contributed by atoms with Crippen LogP contribution >= 0.6 is 23.2 Å². The van der Waals surface area contributed by atoms with Crippen LogP contribution in [0.3, 0.4) is 0 Å². The lowest BCUT2D eigenvalue weighted by molar-refractivity contribution is 0.0936. The molecule has 6 nitrogen and oxygen atoms in total. The molecule has 0 radical (unpaired) electrons. The van der Waals surface area contributed by atoms with Crippen molar-refractivity contribution in [1.82, 2.24) is 14.7 Å². The average molecular weight is 430 g/mol. The Morgan fingerprint density at radius 1 is 1.26 bits per heavy atom. The Morgan fingerprint density at radius 2 is 1.96 bits per heavy atom. The van der Waals surface area contributed by atoms with Gasteiger partial charge in [-0.2, -0.15) is 0 Å². The van der Waals surface area contributed by atoms with E-state index in [9.17, 15) is 17.6 Å². The number of carbonyl (C=O) groups is 1. The average Bonchev–Trinajstić information content (AvgIpc) is 2.98. The fourth-order valence-corrected chi connectivity index (χ4v) is 3.97. The highest BCUT2D eigenvalue weighted by atomic mass is 35.5. The molecule has 0 spiro atoms. The number of hydrogen-bond acceptors (Lipinski definition) is 4. The summed E-state index contributed by atoms with van der Waals surface area (Å²) in [6.45, 7) is 1.61. The van der Waals surface area contributed by atoms with Gasteiger partial charge in [-0.25, -0.2) is 17.8 Å². The van der Waals surface area contributed by atoms with E-state index in [1.807, 2.05) is 0 Å². The zero-order chi connectivity index (χ0) is 19.9. The summed E-state index contributed by atoms with van der Waals surface area (Å²) in [6, 6.07) is 6.60. The number of pyridine rings is 1. The van der Waals surface area contributed by atoms with Gasteiger partial charge in [0, 0.05) is 17.5 Å². The van der Waals surface area contributed by atoms with Crippen molar-refractivity contribution in [2.75, 3.05) is 6.26 Å². The molecule has 1 unspecified atom stereocenters. The lowest BCUT2D eigenvalue weighted by Gasteiger charge is -2.15. The van der Waals surface area contributed by atoms with Crippen molar-refractivity contribution in [3.63, 3.8) is 0 Å². The van der Waals surface area contributed by atoms with Crippen LogP contribution < -0.4 is 5.32 Å². The molecule has 3 rings (SSSR count). The number of aromatic nitrogens is 2. The molecule has 0 aliphatic carbocycles. The van der Waals surface area contributed by atoms with Gasteiger partial charge in [-0.1, -0.05) is 29.3 Å².